The Hall–Kier alpha value is -2.56. The summed E-state index contributed by atoms with van der Waals surface area (Å²) in [5.41, 5.74) is 0.448. The van der Waals surface area contributed by atoms with Gasteiger partial charge in [-0.2, -0.15) is 0 Å². The van der Waals surface area contributed by atoms with Gasteiger partial charge in [0, 0.05) is 6.07 Å². The molecule has 0 fully saturated rings. The summed E-state index contributed by atoms with van der Waals surface area (Å²) in [5.74, 6) is 0.576. The van der Waals surface area contributed by atoms with Crippen molar-refractivity contribution in [3.8, 4) is 17.4 Å². The summed E-state index contributed by atoms with van der Waals surface area (Å²) in [4.78, 5) is 15.1. The van der Waals surface area contributed by atoms with E-state index in [1.165, 1.54) is 19.4 Å². The highest BCUT2D eigenvalue weighted by Crippen LogP contribution is 2.21. The zero-order valence-electron chi connectivity index (χ0n) is 9.66. The number of aromatic nitrogens is 1. The number of methoxy groups -OCH3 is 1. The van der Waals surface area contributed by atoms with Gasteiger partial charge >= 0.3 is 5.97 Å². The van der Waals surface area contributed by atoms with E-state index in [4.69, 9.17) is 9.84 Å². The molecule has 1 aromatic carbocycles. The van der Waals surface area contributed by atoms with Crippen LogP contribution < -0.4 is 4.74 Å². The fourth-order valence-corrected chi connectivity index (χ4v) is 1.33. The van der Waals surface area contributed by atoms with Crippen molar-refractivity contribution in [2.75, 3.05) is 7.11 Å². The first-order chi connectivity index (χ1) is 8.69. The van der Waals surface area contributed by atoms with Crippen molar-refractivity contribution in [3.05, 3.63) is 48.2 Å². The predicted octanol–water partition coefficient (Wildman–Crippen LogP) is 2.37. The lowest BCUT2D eigenvalue weighted by atomic mass is 10.2. The van der Waals surface area contributed by atoms with E-state index in [1.54, 1.807) is 30.3 Å². The fraction of sp³-hybridized carbons (Fsp3) is 0.0769. The molecule has 5 nitrogen and oxygen atoms in total. The highest BCUT2D eigenvalue weighted by Gasteiger charge is 2.05. The summed E-state index contributed by atoms with van der Waals surface area (Å²) in [6, 6.07) is 9.50. The molecule has 0 spiro atoms. The largest absolute Gasteiger partial charge is 0.506 e. The number of rotatable bonds is 3. The molecular formula is C13H11NO4. The molecule has 1 aromatic heterocycles. The highest BCUT2D eigenvalue weighted by molar-refractivity contribution is 5.89. The van der Waals surface area contributed by atoms with E-state index in [0.29, 0.717) is 17.2 Å². The maximum atomic E-state index is 11.2. The van der Waals surface area contributed by atoms with Crippen molar-refractivity contribution in [2.24, 2.45) is 0 Å². The molecule has 0 aliphatic heterocycles. The van der Waals surface area contributed by atoms with Gasteiger partial charge in [0.1, 0.15) is 11.5 Å². The first-order valence-corrected chi connectivity index (χ1v) is 5.20. The number of nitrogens with zero attached hydrogens (tertiary/aromatic N) is 1. The number of hydrogen-bond donors (Lipinski definition) is 1. The highest BCUT2D eigenvalue weighted by atomic mass is 16.5. The van der Waals surface area contributed by atoms with Gasteiger partial charge in [-0.05, 0) is 30.3 Å². The van der Waals surface area contributed by atoms with E-state index in [0.717, 1.165) is 0 Å². The molecule has 92 valence electrons. The van der Waals surface area contributed by atoms with Gasteiger partial charge in [-0.15, -0.1) is 0 Å². The molecule has 0 saturated carbocycles. The van der Waals surface area contributed by atoms with Crippen molar-refractivity contribution in [1.29, 1.82) is 0 Å². The molecule has 2 aromatic rings. The quantitative estimate of drug-likeness (QED) is 0.841. The van der Waals surface area contributed by atoms with Gasteiger partial charge < -0.3 is 14.6 Å². The van der Waals surface area contributed by atoms with E-state index in [-0.39, 0.29) is 5.75 Å². The van der Waals surface area contributed by atoms with Crippen LogP contribution in [0.1, 0.15) is 10.4 Å². The van der Waals surface area contributed by atoms with Crippen LogP contribution in [0.2, 0.25) is 0 Å². The molecule has 1 heterocycles. The Bertz CT molecular complexity index is 534. The number of esters is 1. The summed E-state index contributed by atoms with van der Waals surface area (Å²) in [5, 5.41) is 9.08. The second-order valence-electron chi connectivity index (χ2n) is 3.47. The summed E-state index contributed by atoms with van der Waals surface area (Å²) < 4.78 is 10.0. The predicted molar refractivity (Wildman–Crippen MR) is 63.8 cm³/mol. The monoisotopic (exact) mass is 245 g/mol. The lowest BCUT2D eigenvalue weighted by Crippen LogP contribution is -2.00. The number of benzene rings is 1. The van der Waals surface area contributed by atoms with Crippen LogP contribution in [0, 0.1) is 0 Å². The molecule has 0 amide bonds. The van der Waals surface area contributed by atoms with E-state index >= 15 is 0 Å². The van der Waals surface area contributed by atoms with Gasteiger partial charge in [0.25, 0.3) is 0 Å². The smallest absolute Gasteiger partial charge is 0.337 e. The number of carbonyl (C=O) groups excluding carboxylic acids is 1. The van der Waals surface area contributed by atoms with E-state index in [2.05, 4.69) is 9.72 Å². The van der Waals surface area contributed by atoms with Crippen molar-refractivity contribution in [1.82, 2.24) is 4.98 Å². The molecule has 18 heavy (non-hydrogen) atoms. The molecular weight excluding hydrogens is 234 g/mol. The van der Waals surface area contributed by atoms with Crippen molar-refractivity contribution >= 4 is 5.97 Å². The second kappa shape index (κ2) is 5.18. The second-order valence-corrected chi connectivity index (χ2v) is 3.47. The molecule has 2 rings (SSSR count). The van der Waals surface area contributed by atoms with Crippen LogP contribution in [0.3, 0.4) is 0 Å². The van der Waals surface area contributed by atoms with Gasteiger partial charge in [0.2, 0.25) is 5.88 Å². The summed E-state index contributed by atoms with van der Waals surface area (Å²) >= 11 is 0. The van der Waals surface area contributed by atoms with Gasteiger partial charge in [-0.1, -0.05) is 0 Å². The summed E-state index contributed by atoms with van der Waals surface area (Å²) in [6.07, 6.45) is 1.29. The van der Waals surface area contributed by atoms with E-state index in [1.807, 2.05) is 0 Å². The maximum absolute atomic E-state index is 11.2. The van der Waals surface area contributed by atoms with Crippen LogP contribution in [0.4, 0.5) is 0 Å². The van der Waals surface area contributed by atoms with Gasteiger partial charge in [-0.25, -0.2) is 9.78 Å². The van der Waals surface area contributed by atoms with Gasteiger partial charge in [-0.3, -0.25) is 0 Å². The number of aromatic hydroxyl groups is 1. The Kier molecular flexibility index (Phi) is 3.43. The topological polar surface area (TPSA) is 68.7 Å². The van der Waals surface area contributed by atoms with Gasteiger partial charge in [0.05, 0.1) is 18.9 Å². The minimum Gasteiger partial charge on any atom is -0.506 e. The third kappa shape index (κ3) is 2.76. The van der Waals surface area contributed by atoms with E-state index in [9.17, 15) is 4.79 Å². The molecule has 0 atom stereocenters. The summed E-state index contributed by atoms with van der Waals surface area (Å²) in [6.45, 7) is 0. The summed E-state index contributed by atoms with van der Waals surface area (Å²) in [7, 11) is 1.33. The maximum Gasteiger partial charge on any atom is 0.337 e. The Morgan fingerprint density at radius 2 is 1.89 bits per heavy atom. The lowest BCUT2D eigenvalue weighted by Gasteiger charge is -2.05. The standard InChI is InChI=1S/C13H11NO4/c1-17-13(16)9-2-5-11(6-3-9)18-12-7-4-10(15)8-14-12/h2-8,15H,1H3. The number of carbonyl (C=O) groups is 1. The van der Waals surface area contributed by atoms with Gasteiger partial charge in [0.15, 0.2) is 0 Å². The molecule has 0 bridgehead atoms. The van der Waals surface area contributed by atoms with Crippen molar-refractivity contribution in [2.45, 2.75) is 0 Å². The molecule has 1 N–H and O–H groups in total. The number of pyridine rings is 1. The minimum atomic E-state index is -0.399. The molecule has 5 heteroatoms. The third-order valence-corrected chi connectivity index (χ3v) is 2.22. The number of ether oxygens (including phenoxy) is 2. The average molecular weight is 245 g/mol. The number of hydrogen-bond acceptors (Lipinski definition) is 5. The fourth-order valence-electron chi connectivity index (χ4n) is 1.33. The Balaban J connectivity index is 2.10. The molecule has 0 radical (unpaired) electrons. The first-order valence-electron chi connectivity index (χ1n) is 5.20. The van der Waals surface area contributed by atoms with Crippen LogP contribution in [-0.2, 0) is 4.74 Å². The normalized spacial score (nSPS) is 9.83. The lowest BCUT2D eigenvalue weighted by molar-refractivity contribution is 0.0600. The SMILES string of the molecule is COC(=O)c1ccc(Oc2ccc(O)cn2)cc1. The molecule has 0 aliphatic carbocycles. The Morgan fingerprint density at radius 3 is 2.44 bits per heavy atom. The van der Waals surface area contributed by atoms with Crippen molar-refractivity contribution in [3.63, 3.8) is 0 Å². The van der Waals surface area contributed by atoms with Crippen molar-refractivity contribution < 1.29 is 19.4 Å². The molecule has 0 unspecified atom stereocenters. The van der Waals surface area contributed by atoms with E-state index < -0.39 is 5.97 Å². The zero-order chi connectivity index (χ0) is 13.0. The molecule has 0 aliphatic rings. The molecule has 0 saturated heterocycles. The van der Waals surface area contributed by atoms with Crippen LogP contribution >= 0.6 is 0 Å². The van der Waals surface area contributed by atoms with Crippen LogP contribution in [0.15, 0.2) is 42.6 Å². The van der Waals surface area contributed by atoms with Crippen LogP contribution in [-0.4, -0.2) is 23.2 Å². The minimum absolute atomic E-state index is 0.0726. The Labute approximate surface area is 104 Å². The Morgan fingerprint density at radius 1 is 1.17 bits per heavy atom. The van der Waals surface area contributed by atoms with Crippen LogP contribution in [0.25, 0.3) is 0 Å². The third-order valence-electron chi connectivity index (χ3n) is 2.22. The van der Waals surface area contributed by atoms with Crippen LogP contribution in [0.5, 0.6) is 17.4 Å². The average Bonchev–Trinajstić information content (AvgIpc) is 2.41. The zero-order valence-corrected chi connectivity index (χ0v) is 9.66. The first kappa shape index (κ1) is 11.9.